The van der Waals surface area contributed by atoms with Crippen molar-refractivity contribution in [2.75, 3.05) is 61.9 Å². The van der Waals surface area contributed by atoms with Gasteiger partial charge in [-0.1, -0.05) is 0 Å². The number of aromatic nitrogens is 1. The van der Waals surface area contributed by atoms with Gasteiger partial charge in [-0.2, -0.15) is 0 Å². The summed E-state index contributed by atoms with van der Waals surface area (Å²) in [7, 11) is 1.69. The van der Waals surface area contributed by atoms with E-state index in [1.807, 2.05) is 12.1 Å². The molecule has 2 saturated heterocycles. The molecular weight excluding hydrogens is 599 g/mol. The molecule has 3 aliphatic rings. The molecule has 3 aromatic carbocycles. The summed E-state index contributed by atoms with van der Waals surface area (Å²) in [6, 6.07) is 19.0. The van der Waals surface area contributed by atoms with E-state index in [1.54, 1.807) is 37.6 Å². The molecule has 3 N–H and O–H groups in total. The van der Waals surface area contributed by atoms with Crippen molar-refractivity contribution in [2.24, 2.45) is 5.41 Å². The Hall–Kier alpha value is -4.74. The largest absolute Gasteiger partial charge is 0.495 e. The zero-order valence-corrected chi connectivity index (χ0v) is 26.4. The van der Waals surface area contributed by atoms with E-state index in [0.29, 0.717) is 41.8 Å². The van der Waals surface area contributed by atoms with Gasteiger partial charge in [0, 0.05) is 68.3 Å². The fourth-order valence-corrected chi connectivity index (χ4v) is 6.61. The summed E-state index contributed by atoms with van der Waals surface area (Å²) in [5.74, 6) is 0.845. The molecule has 2 amide bonds. The van der Waals surface area contributed by atoms with Crippen molar-refractivity contribution >= 4 is 39.8 Å². The van der Waals surface area contributed by atoms with Crippen LogP contribution < -0.4 is 30.3 Å². The summed E-state index contributed by atoms with van der Waals surface area (Å²) in [5, 5.41) is 9.87. The molecule has 0 spiro atoms. The molecule has 0 radical (unpaired) electrons. The summed E-state index contributed by atoms with van der Waals surface area (Å²) in [4.78, 5) is 35.7. The molecule has 1 saturated carbocycles. The summed E-state index contributed by atoms with van der Waals surface area (Å²) in [6.07, 6.45) is 4.88. The molecule has 1 aromatic heterocycles. The zero-order valence-electron chi connectivity index (χ0n) is 26.4. The number of pyridine rings is 1. The van der Waals surface area contributed by atoms with E-state index in [1.165, 1.54) is 24.3 Å². The maximum absolute atomic E-state index is 13.2. The molecule has 7 rings (SSSR count). The lowest BCUT2D eigenvalue weighted by Gasteiger charge is -2.41. The molecule has 47 heavy (non-hydrogen) atoms. The van der Waals surface area contributed by atoms with Gasteiger partial charge < -0.3 is 30.3 Å². The highest BCUT2D eigenvalue weighted by Gasteiger charge is 2.56. The molecule has 10 nitrogen and oxygen atoms in total. The first-order valence-corrected chi connectivity index (χ1v) is 16.2. The number of ether oxygens (including phenoxy) is 2. The Morgan fingerprint density at radius 3 is 2.13 bits per heavy atom. The van der Waals surface area contributed by atoms with Crippen molar-refractivity contribution in [1.82, 2.24) is 15.2 Å². The van der Waals surface area contributed by atoms with Gasteiger partial charge in [0.25, 0.3) is 0 Å². The fraction of sp³-hybridized carbons (Fsp3) is 0.361. The van der Waals surface area contributed by atoms with E-state index >= 15 is 0 Å². The molecule has 244 valence electrons. The number of anilines is 3. The number of fused-ring (bicyclic) bond motifs is 1. The average molecular weight is 639 g/mol. The third-order valence-electron chi connectivity index (χ3n) is 9.54. The van der Waals surface area contributed by atoms with Crippen molar-refractivity contribution in [2.45, 2.75) is 31.7 Å². The van der Waals surface area contributed by atoms with Gasteiger partial charge in [-0.3, -0.25) is 19.5 Å². The number of benzene rings is 3. The second kappa shape index (κ2) is 13.2. The molecule has 4 aromatic rings. The molecular formula is C36H39FN6O4. The number of hydrogen-bond acceptors (Lipinski definition) is 8. The highest BCUT2D eigenvalue weighted by Crippen LogP contribution is 2.47. The van der Waals surface area contributed by atoms with Gasteiger partial charge in [0.2, 0.25) is 11.8 Å². The maximum Gasteiger partial charge on any atom is 0.240 e. The predicted molar refractivity (Wildman–Crippen MR) is 180 cm³/mol. The third kappa shape index (κ3) is 6.59. The Balaban J connectivity index is 1.00. The monoisotopic (exact) mass is 638 g/mol. The lowest BCUT2D eigenvalue weighted by Crippen LogP contribution is -2.52. The molecule has 0 bridgehead atoms. The number of nitrogens with zero attached hydrogens (tertiary/aromatic N) is 3. The van der Waals surface area contributed by atoms with E-state index in [9.17, 15) is 14.0 Å². The summed E-state index contributed by atoms with van der Waals surface area (Å²) in [6.45, 7) is 6.31. The number of carbonyl (C=O) groups is 2. The van der Waals surface area contributed by atoms with Crippen LogP contribution in [0.25, 0.3) is 10.9 Å². The second-order valence-corrected chi connectivity index (χ2v) is 12.5. The van der Waals surface area contributed by atoms with Gasteiger partial charge >= 0.3 is 0 Å². The van der Waals surface area contributed by atoms with Gasteiger partial charge in [-0.15, -0.1) is 0 Å². The number of carbonyl (C=O) groups excluding carboxylic acids is 2. The van der Waals surface area contributed by atoms with Gasteiger partial charge in [-0.25, -0.2) is 4.39 Å². The summed E-state index contributed by atoms with van der Waals surface area (Å²) < 4.78 is 25.4. The summed E-state index contributed by atoms with van der Waals surface area (Å²) in [5.41, 5.74) is 1.72. The van der Waals surface area contributed by atoms with Crippen LogP contribution in [-0.2, 0) is 9.59 Å². The quantitative estimate of drug-likeness (QED) is 0.209. The van der Waals surface area contributed by atoms with Gasteiger partial charge in [0.15, 0.2) is 0 Å². The Kier molecular flexibility index (Phi) is 8.66. The topological polar surface area (TPSA) is 108 Å². The predicted octanol–water partition coefficient (Wildman–Crippen LogP) is 5.41. The van der Waals surface area contributed by atoms with Crippen LogP contribution in [0.1, 0.15) is 25.7 Å². The van der Waals surface area contributed by atoms with Crippen LogP contribution in [0, 0.1) is 11.2 Å². The fourth-order valence-electron chi connectivity index (χ4n) is 6.61. The second-order valence-electron chi connectivity index (χ2n) is 12.5. The molecule has 1 aliphatic carbocycles. The van der Waals surface area contributed by atoms with E-state index in [-0.39, 0.29) is 5.91 Å². The number of rotatable bonds is 9. The van der Waals surface area contributed by atoms with Gasteiger partial charge in [0.1, 0.15) is 28.5 Å². The zero-order chi connectivity index (χ0) is 32.4. The van der Waals surface area contributed by atoms with E-state index in [4.69, 9.17) is 9.47 Å². The molecule has 2 aliphatic heterocycles. The van der Waals surface area contributed by atoms with E-state index in [0.717, 1.165) is 74.5 Å². The van der Waals surface area contributed by atoms with E-state index in [2.05, 4.69) is 36.8 Å². The first-order chi connectivity index (χ1) is 22.9. The van der Waals surface area contributed by atoms with Crippen molar-refractivity contribution in [3.63, 3.8) is 0 Å². The number of piperidine rings is 1. The normalized spacial score (nSPS) is 18.0. The Morgan fingerprint density at radius 1 is 0.872 bits per heavy atom. The van der Waals surface area contributed by atoms with E-state index < -0.39 is 17.1 Å². The Labute approximate surface area is 273 Å². The van der Waals surface area contributed by atoms with Crippen molar-refractivity contribution in [3.05, 3.63) is 78.7 Å². The molecule has 0 atom stereocenters. The van der Waals surface area contributed by atoms with Crippen molar-refractivity contribution < 1.29 is 23.5 Å². The third-order valence-corrected chi connectivity index (χ3v) is 9.54. The van der Waals surface area contributed by atoms with Crippen LogP contribution in [0.5, 0.6) is 17.2 Å². The highest BCUT2D eigenvalue weighted by molar-refractivity contribution is 6.16. The Bertz CT molecular complexity index is 1750. The molecule has 3 fully saturated rings. The molecule has 0 unspecified atom stereocenters. The van der Waals surface area contributed by atoms with Crippen LogP contribution in [0.4, 0.5) is 21.5 Å². The van der Waals surface area contributed by atoms with Crippen LogP contribution in [0.3, 0.4) is 0 Å². The molecule has 11 heteroatoms. The standard InChI is InChI=1S/C36H39FN6O4/c1-46-33-22-29-30(23-31(33)43-18-11-27(12-19-43)42-20-16-38-17-21-42)39-15-10-32(29)47-28-8-6-26(7-9-28)41-35(45)36(13-14-36)34(44)40-25-4-2-24(37)3-5-25/h2-10,15,22-23,27,38H,11-14,16-21H2,1H3,(H,40,44)(H,41,45). The van der Waals surface area contributed by atoms with Crippen LogP contribution >= 0.6 is 0 Å². The number of piperazine rings is 1. The minimum Gasteiger partial charge on any atom is -0.495 e. The minimum absolute atomic E-state index is 0.373. The number of halogens is 1. The van der Waals surface area contributed by atoms with Crippen LogP contribution in [0.15, 0.2) is 72.9 Å². The lowest BCUT2D eigenvalue weighted by atomic mass is 10.0. The van der Waals surface area contributed by atoms with Crippen LogP contribution in [0.2, 0.25) is 0 Å². The summed E-state index contributed by atoms with van der Waals surface area (Å²) >= 11 is 0. The highest BCUT2D eigenvalue weighted by atomic mass is 19.1. The first kappa shape index (κ1) is 30.9. The minimum atomic E-state index is -1.14. The van der Waals surface area contributed by atoms with Gasteiger partial charge in [-0.05, 0) is 92.4 Å². The number of methoxy groups -OCH3 is 1. The number of hydrogen-bond donors (Lipinski definition) is 3. The first-order valence-electron chi connectivity index (χ1n) is 16.2. The van der Waals surface area contributed by atoms with Gasteiger partial charge in [0.05, 0.1) is 18.3 Å². The van der Waals surface area contributed by atoms with Crippen molar-refractivity contribution in [1.29, 1.82) is 0 Å². The smallest absolute Gasteiger partial charge is 0.240 e. The average Bonchev–Trinajstić information content (AvgIpc) is 3.93. The SMILES string of the molecule is COc1cc2c(Oc3ccc(NC(=O)C4(C(=O)Nc5ccc(F)cc5)CC4)cc3)ccnc2cc1N1CCC(N2CCNCC2)CC1. The number of amides is 2. The lowest BCUT2D eigenvalue weighted by molar-refractivity contribution is -0.131. The van der Waals surface area contributed by atoms with Crippen molar-refractivity contribution in [3.8, 4) is 17.2 Å². The number of nitrogens with one attached hydrogen (secondary N) is 3. The van der Waals surface area contributed by atoms with Crippen LogP contribution in [-0.4, -0.2) is 74.1 Å². The molecule has 3 heterocycles. The Morgan fingerprint density at radius 2 is 1.51 bits per heavy atom. The maximum atomic E-state index is 13.2.